The van der Waals surface area contributed by atoms with Gasteiger partial charge in [-0.3, -0.25) is 0 Å². The maximum absolute atomic E-state index is 5.74. The van der Waals surface area contributed by atoms with E-state index in [-0.39, 0.29) is 5.95 Å². The standard InChI is InChI=1S/C11H20N6O/c1-16(2)10-13-9(12)14-11(15-10)17(6-7-18-3)8-4-5-8/h8H,4-7H2,1-3H3,(H2,12,13,14,15). The number of nitrogens with zero attached hydrogens (tertiary/aromatic N) is 5. The molecule has 7 heteroatoms. The van der Waals surface area contributed by atoms with Crippen LogP contribution in [0.3, 0.4) is 0 Å². The molecule has 1 aliphatic rings. The minimum absolute atomic E-state index is 0.256. The van der Waals surface area contributed by atoms with E-state index in [0.717, 1.165) is 6.54 Å². The highest BCUT2D eigenvalue weighted by Crippen LogP contribution is 2.30. The van der Waals surface area contributed by atoms with Crippen LogP contribution in [-0.2, 0) is 4.74 Å². The summed E-state index contributed by atoms with van der Waals surface area (Å²) in [6.45, 7) is 1.43. The van der Waals surface area contributed by atoms with Crippen molar-refractivity contribution in [3.05, 3.63) is 0 Å². The first-order chi connectivity index (χ1) is 8.61. The van der Waals surface area contributed by atoms with Gasteiger partial charge < -0.3 is 20.3 Å². The second-order valence-electron chi connectivity index (χ2n) is 4.61. The molecule has 0 radical (unpaired) electrons. The van der Waals surface area contributed by atoms with Crippen LogP contribution in [-0.4, -0.2) is 55.4 Å². The average Bonchev–Trinajstić information content (AvgIpc) is 3.13. The maximum Gasteiger partial charge on any atom is 0.232 e. The number of rotatable bonds is 6. The summed E-state index contributed by atoms with van der Waals surface area (Å²) >= 11 is 0. The van der Waals surface area contributed by atoms with E-state index in [4.69, 9.17) is 10.5 Å². The fourth-order valence-electron chi connectivity index (χ4n) is 1.72. The normalized spacial score (nSPS) is 14.6. The van der Waals surface area contributed by atoms with Crippen molar-refractivity contribution in [1.82, 2.24) is 15.0 Å². The first-order valence-electron chi connectivity index (χ1n) is 6.06. The molecule has 0 unspecified atom stereocenters. The van der Waals surface area contributed by atoms with Crippen molar-refractivity contribution in [3.63, 3.8) is 0 Å². The average molecular weight is 252 g/mol. The van der Waals surface area contributed by atoms with Gasteiger partial charge in [0.1, 0.15) is 0 Å². The highest BCUT2D eigenvalue weighted by Gasteiger charge is 2.31. The van der Waals surface area contributed by atoms with Crippen LogP contribution in [0.2, 0.25) is 0 Å². The van der Waals surface area contributed by atoms with Crippen LogP contribution >= 0.6 is 0 Å². The number of hydrogen-bond donors (Lipinski definition) is 1. The highest BCUT2D eigenvalue weighted by molar-refractivity contribution is 5.44. The minimum atomic E-state index is 0.256. The fourth-order valence-corrected chi connectivity index (χ4v) is 1.72. The third-order valence-corrected chi connectivity index (χ3v) is 2.81. The number of methoxy groups -OCH3 is 1. The van der Waals surface area contributed by atoms with Crippen molar-refractivity contribution in [3.8, 4) is 0 Å². The molecular weight excluding hydrogens is 232 g/mol. The Bertz CT molecular complexity index is 407. The summed E-state index contributed by atoms with van der Waals surface area (Å²) in [5.41, 5.74) is 5.74. The van der Waals surface area contributed by atoms with Gasteiger partial charge >= 0.3 is 0 Å². The van der Waals surface area contributed by atoms with Gasteiger partial charge in [-0.2, -0.15) is 15.0 Å². The monoisotopic (exact) mass is 252 g/mol. The molecule has 1 aromatic heterocycles. The van der Waals surface area contributed by atoms with E-state index in [1.807, 2.05) is 19.0 Å². The molecule has 0 aliphatic heterocycles. The third-order valence-electron chi connectivity index (χ3n) is 2.81. The van der Waals surface area contributed by atoms with Gasteiger partial charge in [-0.15, -0.1) is 0 Å². The van der Waals surface area contributed by atoms with Gasteiger partial charge in [0, 0.05) is 33.8 Å². The molecule has 0 bridgehead atoms. The molecule has 0 aromatic carbocycles. The van der Waals surface area contributed by atoms with E-state index in [0.29, 0.717) is 24.5 Å². The molecule has 7 nitrogen and oxygen atoms in total. The van der Waals surface area contributed by atoms with E-state index in [9.17, 15) is 0 Å². The molecule has 1 heterocycles. The van der Waals surface area contributed by atoms with Gasteiger partial charge in [0.2, 0.25) is 17.8 Å². The molecule has 1 saturated carbocycles. The maximum atomic E-state index is 5.74. The Labute approximate surface area is 107 Å². The van der Waals surface area contributed by atoms with E-state index < -0.39 is 0 Å². The van der Waals surface area contributed by atoms with Gasteiger partial charge in [0.15, 0.2) is 0 Å². The Kier molecular flexibility index (Phi) is 3.81. The van der Waals surface area contributed by atoms with Crippen molar-refractivity contribution in [2.24, 2.45) is 0 Å². The number of ether oxygens (including phenoxy) is 1. The number of nitrogen functional groups attached to an aromatic ring is 1. The van der Waals surface area contributed by atoms with Gasteiger partial charge in [0.05, 0.1) is 6.61 Å². The molecule has 100 valence electrons. The van der Waals surface area contributed by atoms with Crippen LogP contribution in [0.5, 0.6) is 0 Å². The summed E-state index contributed by atoms with van der Waals surface area (Å²) in [5.74, 6) is 1.48. The van der Waals surface area contributed by atoms with Crippen LogP contribution in [0.1, 0.15) is 12.8 Å². The van der Waals surface area contributed by atoms with Crippen LogP contribution in [0.15, 0.2) is 0 Å². The summed E-state index contributed by atoms with van der Waals surface area (Å²) in [5, 5.41) is 0. The zero-order valence-electron chi connectivity index (χ0n) is 11.1. The Balaban J connectivity index is 2.23. The lowest BCUT2D eigenvalue weighted by Gasteiger charge is -2.23. The Morgan fingerprint density at radius 2 is 1.89 bits per heavy atom. The van der Waals surface area contributed by atoms with Crippen molar-refractivity contribution in [2.75, 3.05) is 49.9 Å². The topological polar surface area (TPSA) is 80.4 Å². The first-order valence-corrected chi connectivity index (χ1v) is 6.06. The predicted molar refractivity (Wildman–Crippen MR) is 70.8 cm³/mol. The third kappa shape index (κ3) is 2.98. The van der Waals surface area contributed by atoms with Crippen molar-refractivity contribution in [1.29, 1.82) is 0 Å². The molecule has 0 saturated heterocycles. The summed E-state index contributed by atoms with van der Waals surface area (Å²) in [7, 11) is 5.46. The van der Waals surface area contributed by atoms with E-state index >= 15 is 0 Å². The van der Waals surface area contributed by atoms with E-state index in [2.05, 4.69) is 19.9 Å². The lowest BCUT2D eigenvalue weighted by atomic mass is 10.5. The SMILES string of the molecule is COCCN(c1nc(N)nc(N(C)C)n1)C1CC1. The number of hydrogen-bond acceptors (Lipinski definition) is 7. The number of nitrogens with two attached hydrogens (primary N) is 1. The molecule has 2 N–H and O–H groups in total. The number of aromatic nitrogens is 3. The Hall–Kier alpha value is -1.63. The van der Waals surface area contributed by atoms with Crippen LogP contribution < -0.4 is 15.5 Å². The lowest BCUT2D eigenvalue weighted by Crippen LogP contribution is -2.32. The van der Waals surface area contributed by atoms with Gasteiger partial charge in [-0.1, -0.05) is 0 Å². The van der Waals surface area contributed by atoms with Crippen LogP contribution in [0.25, 0.3) is 0 Å². The summed E-state index contributed by atoms with van der Waals surface area (Å²) < 4.78 is 5.13. The van der Waals surface area contributed by atoms with Crippen molar-refractivity contribution in [2.45, 2.75) is 18.9 Å². The highest BCUT2D eigenvalue weighted by atomic mass is 16.5. The molecule has 0 amide bonds. The summed E-state index contributed by atoms with van der Waals surface area (Å²) in [6, 6.07) is 0.511. The van der Waals surface area contributed by atoms with Crippen LogP contribution in [0.4, 0.5) is 17.8 Å². The smallest absolute Gasteiger partial charge is 0.232 e. The summed E-state index contributed by atoms with van der Waals surface area (Å²) in [4.78, 5) is 16.7. The second kappa shape index (κ2) is 5.34. The molecule has 1 fully saturated rings. The van der Waals surface area contributed by atoms with Crippen molar-refractivity contribution < 1.29 is 4.74 Å². The molecular formula is C11H20N6O. The fraction of sp³-hybridized carbons (Fsp3) is 0.727. The zero-order valence-corrected chi connectivity index (χ0v) is 11.1. The van der Waals surface area contributed by atoms with Crippen LogP contribution in [0, 0.1) is 0 Å². The van der Waals surface area contributed by atoms with E-state index in [1.54, 1.807) is 7.11 Å². The van der Waals surface area contributed by atoms with Crippen molar-refractivity contribution >= 4 is 17.8 Å². The molecule has 2 rings (SSSR count). The Morgan fingerprint density at radius 3 is 2.44 bits per heavy atom. The summed E-state index contributed by atoms with van der Waals surface area (Å²) in [6.07, 6.45) is 2.35. The molecule has 1 aromatic rings. The van der Waals surface area contributed by atoms with Gasteiger partial charge in [-0.05, 0) is 12.8 Å². The largest absolute Gasteiger partial charge is 0.383 e. The lowest BCUT2D eigenvalue weighted by molar-refractivity contribution is 0.204. The van der Waals surface area contributed by atoms with Gasteiger partial charge in [-0.25, -0.2) is 0 Å². The minimum Gasteiger partial charge on any atom is -0.383 e. The molecule has 0 atom stereocenters. The van der Waals surface area contributed by atoms with Gasteiger partial charge in [0.25, 0.3) is 0 Å². The molecule has 1 aliphatic carbocycles. The molecule has 0 spiro atoms. The predicted octanol–water partition coefficient (Wildman–Crippen LogP) is 0.135. The second-order valence-corrected chi connectivity index (χ2v) is 4.61. The Morgan fingerprint density at radius 1 is 1.22 bits per heavy atom. The number of anilines is 3. The first kappa shape index (κ1) is 12.8. The van der Waals surface area contributed by atoms with E-state index in [1.165, 1.54) is 12.8 Å². The quantitative estimate of drug-likeness (QED) is 0.771. The molecule has 18 heavy (non-hydrogen) atoms. The zero-order chi connectivity index (χ0) is 13.1.